The molecule has 2 heteroatoms. The van der Waals surface area contributed by atoms with E-state index in [-0.39, 0.29) is 5.60 Å². The normalized spacial score (nSPS) is 42.2. The maximum atomic E-state index is 6.59. The second-order valence-corrected chi connectivity index (χ2v) is 12.4. The summed E-state index contributed by atoms with van der Waals surface area (Å²) in [6.45, 7) is 11.7. The first-order valence-electron chi connectivity index (χ1n) is 12.8. The molecule has 0 bridgehead atoms. The minimum absolute atomic E-state index is 0.0412. The van der Waals surface area contributed by atoms with Crippen LogP contribution in [0.3, 0.4) is 0 Å². The topological polar surface area (TPSA) is 18.5 Å². The number of hydrogen-bond donors (Lipinski definition) is 0. The maximum absolute atomic E-state index is 6.59. The lowest BCUT2D eigenvalue weighted by Gasteiger charge is -2.58. The van der Waals surface area contributed by atoms with Gasteiger partial charge in [-0.1, -0.05) is 43.7 Å². The molecule has 31 heavy (non-hydrogen) atoms. The van der Waals surface area contributed by atoms with E-state index in [2.05, 4.69) is 71.0 Å². The van der Waals surface area contributed by atoms with E-state index in [1.165, 1.54) is 44.9 Å². The van der Waals surface area contributed by atoms with Crippen LogP contribution in [0.5, 0.6) is 5.75 Å². The second-order valence-electron chi connectivity index (χ2n) is 12.4. The Kier molecular flexibility index (Phi) is 5.32. The van der Waals surface area contributed by atoms with Gasteiger partial charge in [0.2, 0.25) is 0 Å². The van der Waals surface area contributed by atoms with E-state index in [0.29, 0.717) is 23.0 Å². The highest BCUT2D eigenvalue weighted by Gasteiger charge is 2.59. The fourth-order valence-corrected chi connectivity index (χ4v) is 8.04. The fraction of sp³-hybridized carbons (Fsp3) is 0.724. The van der Waals surface area contributed by atoms with Gasteiger partial charge in [-0.25, -0.2) is 0 Å². The van der Waals surface area contributed by atoms with Crippen molar-refractivity contribution in [1.29, 1.82) is 0 Å². The van der Waals surface area contributed by atoms with Gasteiger partial charge < -0.3 is 9.47 Å². The summed E-state index contributed by atoms with van der Waals surface area (Å²) >= 11 is 0. The smallest absolute Gasteiger partial charge is 0.119 e. The Morgan fingerprint density at radius 3 is 2.42 bits per heavy atom. The van der Waals surface area contributed by atoms with Gasteiger partial charge in [-0.15, -0.1) is 0 Å². The lowest BCUT2D eigenvalue weighted by Crippen LogP contribution is -2.52. The van der Waals surface area contributed by atoms with Crippen LogP contribution >= 0.6 is 0 Å². The van der Waals surface area contributed by atoms with Crippen LogP contribution in [0.2, 0.25) is 0 Å². The van der Waals surface area contributed by atoms with Gasteiger partial charge in [0.1, 0.15) is 11.9 Å². The van der Waals surface area contributed by atoms with Gasteiger partial charge in [0.15, 0.2) is 0 Å². The Hall–Kier alpha value is -1.28. The van der Waals surface area contributed by atoms with Crippen molar-refractivity contribution < 1.29 is 9.47 Å². The minimum Gasteiger partial charge on any atom is -0.490 e. The zero-order valence-corrected chi connectivity index (χ0v) is 20.3. The molecule has 7 atom stereocenters. The van der Waals surface area contributed by atoms with Crippen molar-refractivity contribution >= 4 is 0 Å². The molecule has 0 aromatic heterocycles. The number of allylic oxidation sites excluding steroid dienone is 1. The van der Waals surface area contributed by atoms with Gasteiger partial charge in [-0.2, -0.15) is 0 Å². The summed E-state index contributed by atoms with van der Waals surface area (Å²) in [7, 11) is 0. The van der Waals surface area contributed by atoms with Crippen molar-refractivity contribution in [2.24, 2.45) is 28.6 Å². The predicted molar refractivity (Wildman–Crippen MR) is 127 cm³/mol. The molecule has 4 aliphatic rings. The fourth-order valence-electron chi connectivity index (χ4n) is 8.04. The highest BCUT2D eigenvalue weighted by atomic mass is 16.5. The third kappa shape index (κ3) is 3.77. The summed E-state index contributed by atoms with van der Waals surface area (Å²) in [5.41, 5.74) is 2.39. The molecule has 0 spiro atoms. The minimum atomic E-state index is -0.0412. The molecule has 0 N–H and O–H groups in total. The average molecular weight is 423 g/mol. The largest absolute Gasteiger partial charge is 0.490 e. The molecule has 4 aliphatic carbocycles. The standard InChI is InChI=1S/C29H42O2/c1-27(2,3)31-22-15-17-28(4)20(19-22)11-12-23-24-13-14-26(29(24,5)18-16-25(23)28)30-21-9-7-6-8-10-21/h6-11,22-26H,12-19H2,1-5H3. The Balaban J connectivity index is 1.34. The lowest BCUT2D eigenvalue weighted by molar-refractivity contribution is -0.0971. The van der Waals surface area contributed by atoms with E-state index in [9.17, 15) is 0 Å². The van der Waals surface area contributed by atoms with Gasteiger partial charge in [0.25, 0.3) is 0 Å². The average Bonchev–Trinajstić information content (AvgIpc) is 3.04. The van der Waals surface area contributed by atoms with Crippen LogP contribution in [0.25, 0.3) is 0 Å². The summed E-state index contributed by atoms with van der Waals surface area (Å²) < 4.78 is 13.0. The number of benzene rings is 1. The van der Waals surface area contributed by atoms with E-state index in [0.717, 1.165) is 29.9 Å². The number of rotatable bonds is 3. The van der Waals surface area contributed by atoms with Crippen LogP contribution in [-0.4, -0.2) is 17.8 Å². The highest BCUT2D eigenvalue weighted by molar-refractivity contribution is 5.26. The molecular formula is C29H42O2. The Morgan fingerprint density at radius 1 is 0.903 bits per heavy atom. The van der Waals surface area contributed by atoms with Gasteiger partial charge in [-0.3, -0.25) is 0 Å². The first-order chi connectivity index (χ1) is 14.7. The van der Waals surface area contributed by atoms with Gasteiger partial charge in [0, 0.05) is 5.41 Å². The predicted octanol–water partition coefficient (Wildman–Crippen LogP) is 7.58. The molecule has 0 saturated heterocycles. The van der Waals surface area contributed by atoms with Crippen molar-refractivity contribution in [3.05, 3.63) is 42.0 Å². The lowest BCUT2D eigenvalue weighted by atomic mass is 9.48. The quantitative estimate of drug-likeness (QED) is 0.467. The second kappa shape index (κ2) is 7.65. The van der Waals surface area contributed by atoms with Crippen molar-refractivity contribution in [3.8, 4) is 5.75 Å². The summed E-state index contributed by atoms with van der Waals surface area (Å²) in [5.74, 6) is 3.53. The zero-order chi connectivity index (χ0) is 21.9. The molecule has 3 fully saturated rings. The van der Waals surface area contributed by atoms with Crippen molar-refractivity contribution in [3.63, 3.8) is 0 Å². The van der Waals surface area contributed by atoms with Crippen LogP contribution in [0.1, 0.15) is 86.0 Å². The molecular weight excluding hydrogens is 380 g/mol. The van der Waals surface area contributed by atoms with Crippen molar-refractivity contribution in [2.45, 2.75) is 104 Å². The van der Waals surface area contributed by atoms with E-state index in [4.69, 9.17) is 9.47 Å². The zero-order valence-electron chi connectivity index (χ0n) is 20.3. The summed E-state index contributed by atoms with van der Waals surface area (Å²) in [6, 6.07) is 10.5. The summed E-state index contributed by atoms with van der Waals surface area (Å²) in [6.07, 6.45) is 13.6. The number of fused-ring (bicyclic) bond motifs is 5. The van der Waals surface area contributed by atoms with E-state index in [1.54, 1.807) is 5.57 Å². The van der Waals surface area contributed by atoms with Crippen molar-refractivity contribution in [2.75, 3.05) is 0 Å². The highest BCUT2D eigenvalue weighted by Crippen LogP contribution is 2.65. The first kappa shape index (κ1) is 21.6. The van der Waals surface area contributed by atoms with E-state index < -0.39 is 0 Å². The van der Waals surface area contributed by atoms with Gasteiger partial charge in [0.05, 0.1) is 11.7 Å². The van der Waals surface area contributed by atoms with Crippen LogP contribution < -0.4 is 4.74 Å². The monoisotopic (exact) mass is 422 g/mol. The SMILES string of the molecule is CC(C)(C)OC1CCC2(C)C(=CCC3C2CCC2(C)C(Oc4ccccc4)CCC32)C1. The molecule has 3 saturated carbocycles. The van der Waals surface area contributed by atoms with Gasteiger partial charge in [-0.05, 0) is 107 Å². The molecule has 2 nitrogen and oxygen atoms in total. The Labute approximate surface area is 189 Å². The molecule has 170 valence electrons. The molecule has 0 heterocycles. The number of para-hydroxylation sites is 1. The molecule has 0 aliphatic heterocycles. The molecule has 7 unspecified atom stereocenters. The molecule has 1 aromatic rings. The number of hydrogen-bond acceptors (Lipinski definition) is 2. The summed E-state index contributed by atoms with van der Waals surface area (Å²) in [5, 5.41) is 0. The molecule has 0 amide bonds. The molecule has 0 radical (unpaired) electrons. The van der Waals surface area contributed by atoms with Crippen molar-refractivity contribution in [1.82, 2.24) is 0 Å². The first-order valence-corrected chi connectivity index (χ1v) is 12.8. The number of ether oxygens (including phenoxy) is 2. The third-order valence-electron chi connectivity index (χ3n) is 9.51. The van der Waals surface area contributed by atoms with Crippen LogP contribution in [0, 0.1) is 28.6 Å². The van der Waals surface area contributed by atoms with Crippen LogP contribution in [0.4, 0.5) is 0 Å². The van der Waals surface area contributed by atoms with Gasteiger partial charge >= 0.3 is 0 Å². The molecule has 5 rings (SSSR count). The Bertz CT molecular complexity index is 821. The molecule has 1 aromatic carbocycles. The Morgan fingerprint density at radius 2 is 1.68 bits per heavy atom. The summed E-state index contributed by atoms with van der Waals surface area (Å²) in [4.78, 5) is 0. The van der Waals surface area contributed by atoms with Crippen LogP contribution in [0.15, 0.2) is 42.0 Å². The van der Waals surface area contributed by atoms with E-state index >= 15 is 0 Å². The van der Waals surface area contributed by atoms with E-state index in [1.807, 2.05) is 0 Å². The third-order valence-corrected chi connectivity index (χ3v) is 9.51. The maximum Gasteiger partial charge on any atom is 0.119 e. The van der Waals surface area contributed by atoms with Crippen LogP contribution in [-0.2, 0) is 4.74 Å².